The molecule has 2 heteroatoms. The summed E-state index contributed by atoms with van der Waals surface area (Å²) >= 11 is 0. The Bertz CT molecular complexity index is 268. The monoisotopic (exact) mass is 179 g/mol. The van der Waals surface area contributed by atoms with E-state index in [-0.39, 0.29) is 0 Å². The van der Waals surface area contributed by atoms with Crippen molar-refractivity contribution in [1.29, 1.82) is 0 Å². The van der Waals surface area contributed by atoms with Gasteiger partial charge in [-0.2, -0.15) is 0 Å². The van der Waals surface area contributed by atoms with Gasteiger partial charge >= 0.3 is 0 Å². The molecule has 2 unspecified atom stereocenters. The lowest BCUT2D eigenvalue weighted by atomic mass is 9.77. The Balaban J connectivity index is 2.20. The van der Waals surface area contributed by atoms with Gasteiger partial charge in [0.1, 0.15) is 5.60 Å². The average Bonchev–Trinajstić information content (AvgIpc) is 2.55. The average molecular weight is 179 g/mol. The van der Waals surface area contributed by atoms with Gasteiger partial charge in [0.2, 0.25) is 0 Å². The van der Waals surface area contributed by atoms with E-state index in [2.05, 4.69) is 11.9 Å². The number of nitrogens with one attached hydrogen (secondary N) is 1. The van der Waals surface area contributed by atoms with Gasteiger partial charge in [-0.3, -0.25) is 0 Å². The second-order valence-electron chi connectivity index (χ2n) is 4.32. The molecule has 0 aliphatic heterocycles. The molecule has 2 N–H and O–H groups in total. The van der Waals surface area contributed by atoms with E-state index in [0.717, 1.165) is 25.0 Å². The normalized spacial score (nSPS) is 34.8. The molecular formula is C11H17NO. The third-order valence-electron chi connectivity index (χ3n) is 3.07. The number of aromatic nitrogens is 1. The molecule has 2 rings (SSSR count). The van der Waals surface area contributed by atoms with Crippen molar-refractivity contribution >= 4 is 0 Å². The molecule has 1 saturated carbocycles. The fourth-order valence-corrected chi connectivity index (χ4v) is 2.39. The van der Waals surface area contributed by atoms with Gasteiger partial charge in [-0.1, -0.05) is 13.3 Å². The topological polar surface area (TPSA) is 36.0 Å². The molecule has 0 spiro atoms. The van der Waals surface area contributed by atoms with E-state index in [1.165, 1.54) is 6.42 Å². The lowest BCUT2D eigenvalue weighted by molar-refractivity contribution is -0.0211. The second kappa shape index (κ2) is 3.18. The van der Waals surface area contributed by atoms with Gasteiger partial charge in [0.05, 0.1) is 0 Å². The van der Waals surface area contributed by atoms with Crippen LogP contribution >= 0.6 is 0 Å². The number of aliphatic hydroxyl groups is 1. The molecule has 2 atom stereocenters. The van der Waals surface area contributed by atoms with Crippen molar-refractivity contribution in [3.05, 3.63) is 24.0 Å². The Morgan fingerprint density at radius 1 is 1.62 bits per heavy atom. The Morgan fingerprint density at radius 2 is 2.46 bits per heavy atom. The molecule has 1 aromatic heterocycles. The lowest BCUT2D eigenvalue weighted by Gasteiger charge is -2.34. The first-order chi connectivity index (χ1) is 6.21. The highest BCUT2D eigenvalue weighted by molar-refractivity contribution is 5.14. The van der Waals surface area contributed by atoms with Gasteiger partial charge in [0.15, 0.2) is 0 Å². The minimum Gasteiger partial charge on any atom is -0.384 e. The van der Waals surface area contributed by atoms with Crippen LogP contribution in [-0.4, -0.2) is 10.1 Å². The number of hydrogen-bond acceptors (Lipinski definition) is 1. The van der Waals surface area contributed by atoms with Crippen LogP contribution in [0.1, 0.15) is 38.3 Å². The van der Waals surface area contributed by atoms with E-state index in [4.69, 9.17) is 0 Å². The molecule has 0 bridgehead atoms. The SMILES string of the molecule is CC1CCCC(O)(c2ccc[nH]2)C1. The van der Waals surface area contributed by atoms with Crippen molar-refractivity contribution in [2.24, 2.45) is 5.92 Å². The maximum absolute atomic E-state index is 10.4. The van der Waals surface area contributed by atoms with Crippen LogP contribution in [0.15, 0.2) is 18.3 Å². The third kappa shape index (κ3) is 1.63. The predicted octanol–water partition coefficient (Wildman–Crippen LogP) is 2.41. The van der Waals surface area contributed by atoms with Gasteiger partial charge in [-0.05, 0) is 37.3 Å². The van der Waals surface area contributed by atoms with Crippen molar-refractivity contribution in [1.82, 2.24) is 4.98 Å². The summed E-state index contributed by atoms with van der Waals surface area (Å²) in [5.41, 5.74) is 0.403. The van der Waals surface area contributed by atoms with Crippen LogP contribution in [-0.2, 0) is 5.60 Å². The van der Waals surface area contributed by atoms with Crippen molar-refractivity contribution in [3.8, 4) is 0 Å². The largest absolute Gasteiger partial charge is 0.384 e. The van der Waals surface area contributed by atoms with Crippen LogP contribution in [0.2, 0.25) is 0 Å². The van der Waals surface area contributed by atoms with Crippen molar-refractivity contribution in [3.63, 3.8) is 0 Å². The molecule has 0 radical (unpaired) electrons. The van der Waals surface area contributed by atoms with Gasteiger partial charge in [0, 0.05) is 11.9 Å². The molecule has 1 aliphatic rings. The number of hydrogen-bond donors (Lipinski definition) is 2. The summed E-state index contributed by atoms with van der Waals surface area (Å²) in [6.45, 7) is 2.22. The van der Waals surface area contributed by atoms with Crippen LogP contribution in [0.4, 0.5) is 0 Å². The number of aromatic amines is 1. The van der Waals surface area contributed by atoms with Gasteiger partial charge in [0.25, 0.3) is 0 Å². The zero-order valence-electron chi connectivity index (χ0n) is 8.09. The molecule has 1 fully saturated rings. The first-order valence-corrected chi connectivity index (χ1v) is 5.07. The summed E-state index contributed by atoms with van der Waals surface area (Å²) in [7, 11) is 0. The summed E-state index contributed by atoms with van der Waals surface area (Å²) in [5, 5.41) is 10.4. The van der Waals surface area contributed by atoms with Crippen LogP contribution in [0, 0.1) is 5.92 Å². The van der Waals surface area contributed by atoms with Crippen molar-refractivity contribution in [2.75, 3.05) is 0 Å². The molecule has 2 nitrogen and oxygen atoms in total. The van der Waals surface area contributed by atoms with Gasteiger partial charge in [-0.15, -0.1) is 0 Å². The van der Waals surface area contributed by atoms with Crippen molar-refractivity contribution in [2.45, 2.75) is 38.2 Å². The maximum atomic E-state index is 10.4. The van der Waals surface area contributed by atoms with Crippen molar-refractivity contribution < 1.29 is 5.11 Å². The standard InChI is InChI=1S/C11H17NO/c1-9-4-2-6-11(13,8-9)10-5-3-7-12-10/h3,5,7,9,12-13H,2,4,6,8H2,1H3. The van der Waals surface area contributed by atoms with E-state index in [1.807, 2.05) is 18.3 Å². The minimum absolute atomic E-state index is 0.582. The second-order valence-corrected chi connectivity index (χ2v) is 4.32. The van der Waals surface area contributed by atoms with Gasteiger partial charge < -0.3 is 10.1 Å². The summed E-state index contributed by atoms with van der Waals surface area (Å²) in [5.74, 6) is 0.641. The Kier molecular flexibility index (Phi) is 2.16. The Labute approximate surface area is 79.0 Å². The molecule has 0 amide bonds. The molecule has 13 heavy (non-hydrogen) atoms. The zero-order chi connectivity index (χ0) is 9.31. The first kappa shape index (κ1) is 8.82. The highest BCUT2D eigenvalue weighted by Crippen LogP contribution is 2.38. The predicted molar refractivity (Wildman–Crippen MR) is 52.3 cm³/mol. The summed E-state index contributed by atoms with van der Waals surface area (Å²) in [4.78, 5) is 3.12. The Hall–Kier alpha value is -0.760. The maximum Gasteiger partial charge on any atom is 0.105 e. The molecule has 1 aliphatic carbocycles. The van der Waals surface area contributed by atoms with Crippen LogP contribution in [0.3, 0.4) is 0 Å². The molecule has 1 aromatic rings. The lowest BCUT2D eigenvalue weighted by Crippen LogP contribution is -2.32. The third-order valence-corrected chi connectivity index (χ3v) is 3.07. The molecule has 1 heterocycles. The summed E-state index contributed by atoms with van der Waals surface area (Å²) in [6, 6.07) is 3.94. The van der Waals surface area contributed by atoms with E-state index >= 15 is 0 Å². The van der Waals surface area contributed by atoms with Crippen LogP contribution < -0.4 is 0 Å². The zero-order valence-corrected chi connectivity index (χ0v) is 8.09. The molecule has 0 saturated heterocycles. The van der Waals surface area contributed by atoms with E-state index in [0.29, 0.717) is 5.92 Å². The fraction of sp³-hybridized carbons (Fsp3) is 0.636. The molecule has 0 aromatic carbocycles. The smallest absolute Gasteiger partial charge is 0.105 e. The molecular weight excluding hydrogens is 162 g/mol. The minimum atomic E-state index is -0.582. The van der Waals surface area contributed by atoms with E-state index in [1.54, 1.807) is 0 Å². The highest BCUT2D eigenvalue weighted by Gasteiger charge is 2.34. The number of rotatable bonds is 1. The quantitative estimate of drug-likeness (QED) is 0.682. The fourth-order valence-electron chi connectivity index (χ4n) is 2.39. The Morgan fingerprint density at radius 3 is 3.08 bits per heavy atom. The van der Waals surface area contributed by atoms with Gasteiger partial charge in [-0.25, -0.2) is 0 Å². The van der Waals surface area contributed by atoms with E-state index in [9.17, 15) is 5.11 Å². The highest BCUT2D eigenvalue weighted by atomic mass is 16.3. The summed E-state index contributed by atoms with van der Waals surface area (Å²) in [6.07, 6.45) is 6.07. The summed E-state index contributed by atoms with van der Waals surface area (Å²) < 4.78 is 0. The van der Waals surface area contributed by atoms with Crippen LogP contribution in [0.5, 0.6) is 0 Å². The molecule has 72 valence electrons. The van der Waals surface area contributed by atoms with Crippen LogP contribution in [0.25, 0.3) is 0 Å². The first-order valence-electron chi connectivity index (χ1n) is 5.07. The number of H-pyrrole nitrogens is 1. The van der Waals surface area contributed by atoms with E-state index < -0.39 is 5.60 Å².